The summed E-state index contributed by atoms with van der Waals surface area (Å²) in [6, 6.07) is 20.4. The van der Waals surface area contributed by atoms with Gasteiger partial charge in [0.25, 0.3) is 0 Å². The molecular weight excluding hydrogens is 390 g/mol. The maximum absolute atomic E-state index is 12.2. The number of benzene rings is 2. The second-order valence-electron chi connectivity index (χ2n) is 6.70. The molecule has 0 unspecified atom stereocenters. The molecule has 5 heteroatoms. The van der Waals surface area contributed by atoms with Crippen molar-refractivity contribution in [3.05, 3.63) is 102 Å². The first-order valence-electron chi connectivity index (χ1n) is 9.81. The third-order valence-electron chi connectivity index (χ3n) is 4.38. The number of nitrogens with zero attached hydrogens (tertiary/aromatic N) is 1. The molecule has 3 rings (SSSR count). The Bertz CT molecular complexity index is 1070. The molecule has 0 aliphatic rings. The van der Waals surface area contributed by atoms with Crippen LogP contribution < -0.4 is 9.47 Å². The predicted molar refractivity (Wildman–Crippen MR) is 121 cm³/mol. The first-order valence-corrected chi connectivity index (χ1v) is 9.81. The van der Waals surface area contributed by atoms with Crippen LogP contribution in [-0.4, -0.2) is 23.7 Å². The van der Waals surface area contributed by atoms with E-state index in [0.29, 0.717) is 23.7 Å². The highest BCUT2D eigenvalue weighted by Gasteiger charge is 2.07. The lowest BCUT2D eigenvalue weighted by molar-refractivity contribution is -0.121. The molecule has 0 bridgehead atoms. The van der Waals surface area contributed by atoms with E-state index in [-0.39, 0.29) is 18.0 Å². The lowest BCUT2D eigenvalue weighted by Gasteiger charge is -2.09. The first kappa shape index (κ1) is 21.7. The van der Waals surface area contributed by atoms with Crippen LogP contribution in [0.25, 0.3) is 12.2 Å². The molecule has 0 atom stereocenters. The van der Waals surface area contributed by atoms with Gasteiger partial charge in [-0.05, 0) is 48.1 Å². The molecular formula is C26H23NO4. The molecule has 3 aromatic rings. The van der Waals surface area contributed by atoms with Gasteiger partial charge in [0.1, 0.15) is 18.1 Å². The molecule has 0 aliphatic carbocycles. The molecule has 0 spiro atoms. The quantitative estimate of drug-likeness (QED) is 0.348. The standard InChI is InChI=1S/C26H23NO4/c1-30-26-18-25(31-19-22-9-5-6-16-27-22)15-12-21(26)11-14-24(29)17-23(28)13-10-20-7-3-2-4-8-20/h2-16,18H,17,19H2,1H3/b13-10+,14-11+. The van der Waals surface area contributed by atoms with E-state index in [1.807, 2.05) is 48.5 Å². The van der Waals surface area contributed by atoms with E-state index in [2.05, 4.69) is 4.98 Å². The van der Waals surface area contributed by atoms with Crippen LogP contribution in [-0.2, 0) is 16.2 Å². The van der Waals surface area contributed by atoms with Crippen molar-refractivity contribution in [1.29, 1.82) is 0 Å². The van der Waals surface area contributed by atoms with Crippen molar-refractivity contribution in [1.82, 2.24) is 4.98 Å². The van der Waals surface area contributed by atoms with Gasteiger partial charge in [0, 0.05) is 17.8 Å². The Morgan fingerprint density at radius 1 is 0.903 bits per heavy atom. The Balaban J connectivity index is 1.57. The number of aromatic nitrogens is 1. The predicted octanol–water partition coefficient (Wildman–Crippen LogP) is 4.92. The van der Waals surface area contributed by atoms with Crippen LogP contribution in [0.4, 0.5) is 0 Å². The van der Waals surface area contributed by atoms with Crippen molar-refractivity contribution in [3.8, 4) is 11.5 Å². The van der Waals surface area contributed by atoms with Gasteiger partial charge in [0.05, 0.1) is 19.2 Å². The second-order valence-corrected chi connectivity index (χ2v) is 6.70. The topological polar surface area (TPSA) is 65.5 Å². The number of carbonyl (C=O) groups excluding carboxylic acids is 2. The number of methoxy groups -OCH3 is 1. The minimum absolute atomic E-state index is 0.187. The first-order chi connectivity index (χ1) is 15.1. The number of hydrogen-bond acceptors (Lipinski definition) is 5. The number of hydrogen-bond donors (Lipinski definition) is 0. The minimum atomic E-state index is -0.278. The van der Waals surface area contributed by atoms with Crippen LogP contribution in [0.15, 0.2) is 85.1 Å². The number of rotatable bonds is 10. The summed E-state index contributed by atoms with van der Waals surface area (Å²) in [5, 5.41) is 0. The average Bonchev–Trinajstić information content (AvgIpc) is 2.81. The second kappa shape index (κ2) is 11.3. The fraction of sp³-hybridized carbons (Fsp3) is 0.115. The van der Waals surface area contributed by atoms with E-state index >= 15 is 0 Å². The Labute approximate surface area is 181 Å². The summed E-state index contributed by atoms with van der Waals surface area (Å²) in [6.45, 7) is 0.344. The smallest absolute Gasteiger partial charge is 0.163 e. The van der Waals surface area contributed by atoms with Gasteiger partial charge in [-0.1, -0.05) is 42.5 Å². The van der Waals surface area contributed by atoms with E-state index in [1.165, 1.54) is 12.2 Å². The number of ketones is 2. The molecule has 0 saturated heterocycles. The number of allylic oxidation sites excluding steroid dienone is 2. The molecule has 5 nitrogen and oxygen atoms in total. The van der Waals surface area contributed by atoms with Gasteiger partial charge in [-0.15, -0.1) is 0 Å². The molecule has 31 heavy (non-hydrogen) atoms. The van der Waals surface area contributed by atoms with Crippen LogP contribution in [0.5, 0.6) is 11.5 Å². The van der Waals surface area contributed by atoms with Gasteiger partial charge >= 0.3 is 0 Å². The molecule has 0 saturated carbocycles. The van der Waals surface area contributed by atoms with E-state index in [0.717, 1.165) is 11.3 Å². The number of pyridine rings is 1. The van der Waals surface area contributed by atoms with E-state index in [1.54, 1.807) is 43.7 Å². The normalized spacial score (nSPS) is 11.0. The fourth-order valence-corrected chi connectivity index (χ4v) is 2.79. The molecule has 0 aliphatic heterocycles. The zero-order valence-corrected chi connectivity index (χ0v) is 17.2. The Hall–Kier alpha value is -3.99. The maximum Gasteiger partial charge on any atom is 0.163 e. The summed E-state index contributed by atoms with van der Waals surface area (Å²) in [6.07, 6.45) is 7.68. The summed E-state index contributed by atoms with van der Waals surface area (Å²) in [5.74, 6) is 0.675. The molecule has 1 heterocycles. The van der Waals surface area contributed by atoms with Crippen molar-refractivity contribution in [3.63, 3.8) is 0 Å². The molecule has 0 fully saturated rings. The zero-order valence-electron chi connectivity index (χ0n) is 17.2. The van der Waals surface area contributed by atoms with Crippen molar-refractivity contribution < 1.29 is 19.1 Å². The van der Waals surface area contributed by atoms with Gasteiger partial charge in [-0.2, -0.15) is 0 Å². The van der Waals surface area contributed by atoms with Crippen LogP contribution >= 0.6 is 0 Å². The van der Waals surface area contributed by atoms with E-state index in [9.17, 15) is 9.59 Å². The minimum Gasteiger partial charge on any atom is -0.496 e. The summed E-state index contributed by atoms with van der Waals surface area (Å²) < 4.78 is 11.1. The Morgan fingerprint density at radius 2 is 1.65 bits per heavy atom. The van der Waals surface area contributed by atoms with Gasteiger partial charge < -0.3 is 9.47 Å². The molecule has 0 amide bonds. The number of ether oxygens (including phenoxy) is 2. The average molecular weight is 413 g/mol. The lowest BCUT2D eigenvalue weighted by Crippen LogP contribution is -2.02. The van der Waals surface area contributed by atoms with Crippen molar-refractivity contribution in [2.45, 2.75) is 13.0 Å². The van der Waals surface area contributed by atoms with Gasteiger partial charge in [-0.3, -0.25) is 14.6 Å². The van der Waals surface area contributed by atoms with E-state index in [4.69, 9.17) is 9.47 Å². The SMILES string of the molecule is COc1cc(OCc2ccccn2)ccc1/C=C/C(=O)CC(=O)/C=C/c1ccccc1. The van der Waals surface area contributed by atoms with Crippen molar-refractivity contribution in [2.75, 3.05) is 7.11 Å². The molecule has 1 aromatic heterocycles. The third kappa shape index (κ3) is 7.08. The van der Waals surface area contributed by atoms with Crippen LogP contribution in [0.2, 0.25) is 0 Å². The van der Waals surface area contributed by atoms with E-state index < -0.39 is 0 Å². The highest BCUT2D eigenvalue weighted by Crippen LogP contribution is 2.26. The van der Waals surface area contributed by atoms with Crippen LogP contribution in [0.1, 0.15) is 23.2 Å². The molecule has 0 radical (unpaired) electrons. The third-order valence-corrected chi connectivity index (χ3v) is 4.38. The van der Waals surface area contributed by atoms with Crippen molar-refractivity contribution >= 4 is 23.7 Å². The molecule has 2 aromatic carbocycles. The van der Waals surface area contributed by atoms with Crippen LogP contribution in [0, 0.1) is 0 Å². The summed E-state index contributed by atoms with van der Waals surface area (Å²) in [7, 11) is 1.55. The summed E-state index contributed by atoms with van der Waals surface area (Å²) in [4.78, 5) is 28.4. The largest absolute Gasteiger partial charge is 0.496 e. The lowest BCUT2D eigenvalue weighted by atomic mass is 10.1. The van der Waals surface area contributed by atoms with Crippen LogP contribution in [0.3, 0.4) is 0 Å². The summed E-state index contributed by atoms with van der Waals surface area (Å²) in [5.41, 5.74) is 2.45. The monoisotopic (exact) mass is 413 g/mol. The van der Waals surface area contributed by atoms with Gasteiger partial charge in [0.15, 0.2) is 11.6 Å². The molecule has 0 N–H and O–H groups in total. The Morgan fingerprint density at radius 3 is 2.35 bits per heavy atom. The van der Waals surface area contributed by atoms with Gasteiger partial charge in [-0.25, -0.2) is 0 Å². The summed E-state index contributed by atoms with van der Waals surface area (Å²) >= 11 is 0. The highest BCUT2D eigenvalue weighted by molar-refractivity contribution is 6.10. The highest BCUT2D eigenvalue weighted by atomic mass is 16.5. The molecule has 156 valence electrons. The van der Waals surface area contributed by atoms with Gasteiger partial charge in [0.2, 0.25) is 0 Å². The Kier molecular flexibility index (Phi) is 7.89. The number of carbonyl (C=O) groups is 2. The fourth-order valence-electron chi connectivity index (χ4n) is 2.79. The van der Waals surface area contributed by atoms with Crippen molar-refractivity contribution in [2.24, 2.45) is 0 Å². The maximum atomic E-state index is 12.2. The zero-order chi connectivity index (χ0) is 21.9.